The summed E-state index contributed by atoms with van der Waals surface area (Å²) in [6.07, 6.45) is 8.85. The Bertz CT molecular complexity index is 1010. The first-order chi connectivity index (χ1) is 18.0. The molecule has 0 bridgehead atoms. The van der Waals surface area contributed by atoms with Gasteiger partial charge in [-0.3, -0.25) is 0 Å². The molecule has 37 heavy (non-hydrogen) atoms. The molecule has 2 atom stereocenters. The number of anilines is 4. The molecule has 1 aromatic heterocycles. The Morgan fingerprint density at radius 1 is 0.811 bits per heavy atom. The standard InChI is InChI=1S/C29H43N7S/c1-22-18-23(2)21-36(20-22)27-19-26(35-16-14-34(15-17-35)25-12-8-5-9-13-25)31-28(32-27)33-29(37)30-24-10-6-3-4-7-11-24/h5,8-9,12-13,19,22-24H,3-4,6-7,10-11,14-18,20-21H2,1-2H3,(H2,30,31,32,33,37). The monoisotopic (exact) mass is 521 g/mol. The average molecular weight is 522 g/mol. The molecule has 2 saturated heterocycles. The molecule has 2 aromatic rings. The zero-order valence-electron chi connectivity index (χ0n) is 22.5. The Labute approximate surface area is 228 Å². The number of nitrogens with zero attached hydrogens (tertiary/aromatic N) is 5. The van der Waals surface area contributed by atoms with Gasteiger partial charge in [0.15, 0.2) is 5.11 Å². The van der Waals surface area contributed by atoms with E-state index in [0.717, 1.165) is 50.9 Å². The quantitative estimate of drug-likeness (QED) is 0.406. The van der Waals surface area contributed by atoms with Crippen LogP contribution < -0.4 is 25.3 Å². The maximum absolute atomic E-state index is 5.73. The molecule has 0 radical (unpaired) electrons. The summed E-state index contributed by atoms with van der Waals surface area (Å²) in [5, 5.41) is 7.55. The fourth-order valence-corrected chi connectivity index (χ4v) is 6.49. The van der Waals surface area contributed by atoms with E-state index < -0.39 is 0 Å². The number of aromatic nitrogens is 2. The topological polar surface area (TPSA) is 59.6 Å². The van der Waals surface area contributed by atoms with Crippen LogP contribution in [0.5, 0.6) is 0 Å². The van der Waals surface area contributed by atoms with Crippen LogP contribution in [0.2, 0.25) is 0 Å². The molecule has 8 heteroatoms. The molecule has 0 amide bonds. The van der Waals surface area contributed by atoms with Crippen LogP contribution in [0.15, 0.2) is 36.4 Å². The van der Waals surface area contributed by atoms with Crippen molar-refractivity contribution in [3.8, 4) is 0 Å². The summed E-state index contributed by atoms with van der Waals surface area (Å²) in [7, 11) is 0. The van der Waals surface area contributed by atoms with E-state index in [1.165, 1.54) is 50.6 Å². The molecule has 200 valence electrons. The van der Waals surface area contributed by atoms with Crippen molar-refractivity contribution in [3.05, 3.63) is 36.4 Å². The number of hydrogen-bond donors (Lipinski definition) is 2. The molecule has 3 heterocycles. The number of para-hydroxylation sites is 1. The van der Waals surface area contributed by atoms with Gasteiger partial charge in [0.25, 0.3) is 0 Å². The first-order valence-corrected chi connectivity index (χ1v) is 14.7. The maximum Gasteiger partial charge on any atom is 0.232 e. The number of hydrogen-bond acceptors (Lipinski definition) is 6. The molecule has 2 unspecified atom stereocenters. The van der Waals surface area contributed by atoms with Crippen LogP contribution in [-0.4, -0.2) is 60.4 Å². The van der Waals surface area contributed by atoms with Crippen LogP contribution in [0.25, 0.3) is 0 Å². The predicted octanol–water partition coefficient (Wildman–Crippen LogP) is 5.29. The minimum atomic E-state index is 0.444. The van der Waals surface area contributed by atoms with Crippen LogP contribution in [-0.2, 0) is 0 Å². The van der Waals surface area contributed by atoms with E-state index in [1.54, 1.807) is 0 Å². The molecule has 2 N–H and O–H groups in total. The van der Waals surface area contributed by atoms with Gasteiger partial charge in [-0.25, -0.2) is 0 Å². The zero-order valence-corrected chi connectivity index (χ0v) is 23.3. The highest BCUT2D eigenvalue weighted by Crippen LogP contribution is 2.29. The van der Waals surface area contributed by atoms with E-state index in [-0.39, 0.29) is 0 Å². The van der Waals surface area contributed by atoms with Gasteiger partial charge < -0.3 is 25.3 Å². The normalized spacial score (nSPS) is 23.5. The highest BCUT2D eigenvalue weighted by molar-refractivity contribution is 7.80. The third-order valence-electron chi connectivity index (χ3n) is 8.03. The Hall–Kier alpha value is -2.61. The largest absolute Gasteiger partial charge is 0.368 e. The van der Waals surface area contributed by atoms with Gasteiger partial charge >= 0.3 is 0 Å². The Morgan fingerprint density at radius 2 is 1.41 bits per heavy atom. The Morgan fingerprint density at radius 3 is 2.05 bits per heavy atom. The molecule has 7 nitrogen and oxygen atoms in total. The van der Waals surface area contributed by atoms with Gasteiger partial charge in [0.2, 0.25) is 5.95 Å². The fraction of sp³-hybridized carbons (Fsp3) is 0.621. The van der Waals surface area contributed by atoms with Crippen molar-refractivity contribution in [1.82, 2.24) is 15.3 Å². The average Bonchev–Trinajstić information content (AvgIpc) is 3.17. The van der Waals surface area contributed by atoms with Gasteiger partial charge in [-0.1, -0.05) is 57.7 Å². The van der Waals surface area contributed by atoms with Gasteiger partial charge in [0.05, 0.1) is 0 Å². The highest BCUT2D eigenvalue weighted by Gasteiger charge is 2.26. The highest BCUT2D eigenvalue weighted by atomic mass is 32.1. The van der Waals surface area contributed by atoms with Gasteiger partial charge in [-0.2, -0.15) is 9.97 Å². The van der Waals surface area contributed by atoms with Gasteiger partial charge in [0, 0.05) is 57.1 Å². The fourth-order valence-electron chi connectivity index (χ4n) is 6.23. The van der Waals surface area contributed by atoms with E-state index in [0.29, 0.717) is 28.9 Å². The predicted molar refractivity (Wildman–Crippen MR) is 159 cm³/mol. The van der Waals surface area contributed by atoms with Crippen molar-refractivity contribution in [1.29, 1.82) is 0 Å². The molecular weight excluding hydrogens is 478 g/mol. The van der Waals surface area contributed by atoms with Crippen LogP contribution in [0.1, 0.15) is 58.8 Å². The second-order valence-corrected chi connectivity index (χ2v) is 11.8. The van der Waals surface area contributed by atoms with Crippen molar-refractivity contribution >= 4 is 40.6 Å². The van der Waals surface area contributed by atoms with Crippen LogP contribution >= 0.6 is 12.2 Å². The first-order valence-electron chi connectivity index (χ1n) is 14.3. The molecule has 3 fully saturated rings. The number of rotatable bonds is 5. The molecule has 1 aliphatic carbocycles. The summed E-state index contributed by atoms with van der Waals surface area (Å²) >= 11 is 5.73. The Kier molecular flexibility index (Phi) is 8.64. The summed E-state index contributed by atoms with van der Waals surface area (Å²) in [6.45, 7) is 10.6. The maximum atomic E-state index is 5.73. The Balaban J connectivity index is 1.32. The van der Waals surface area contributed by atoms with E-state index >= 15 is 0 Å². The molecule has 3 aliphatic rings. The number of benzene rings is 1. The summed E-state index contributed by atoms with van der Waals surface area (Å²) in [5.41, 5.74) is 1.29. The summed E-state index contributed by atoms with van der Waals surface area (Å²) in [6, 6.07) is 13.3. The molecule has 1 aromatic carbocycles. The SMILES string of the molecule is CC1CC(C)CN(c2cc(N3CCN(c4ccccc4)CC3)nc(NC(=S)NC3CCCCCC3)n2)C1. The van der Waals surface area contributed by atoms with Crippen molar-refractivity contribution in [3.63, 3.8) is 0 Å². The number of thiocarbonyl (C=S) groups is 1. The van der Waals surface area contributed by atoms with E-state index in [1.807, 2.05) is 0 Å². The minimum Gasteiger partial charge on any atom is -0.368 e. The number of nitrogens with one attached hydrogen (secondary N) is 2. The first kappa shape index (κ1) is 26.0. The summed E-state index contributed by atoms with van der Waals surface area (Å²) < 4.78 is 0. The van der Waals surface area contributed by atoms with Crippen molar-refractivity contribution in [2.45, 2.75) is 64.8 Å². The number of piperazine rings is 1. The van der Waals surface area contributed by atoms with Crippen molar-refractivity contribution in [2.75, 3.05) is 59.3 Å². The van der Waals surface area contributed by atoms with Crippen LogP contribution in [0, 0.1) is 11.8 Å². The minimum absolute atomic E-state index is 0.444. The van der Waals surface area contributed by atoms with Crippen molar-refractivity contribution < 1.29 is 0 Å². The lowest BCUT2D eigenvalue weighted by atomic mass is 9.92. The second-order valence-electron chi connectivity index (χ2n) is 11.4. The second kappa shape index (κ2) is 12.3. The van der Waals surface area contributed by atoms with Crippen LogP contribution in [0.4, 0.5) is 23.3 Å². The third kappa shape index (κ3) is 7.03. The molecule has 1 saturated carbocycles. The lowest BCUT2D eigenvalue weighted by molar-refractivity contribution is 0.355. The lowest BCUT2D eigenvalue weighted by Gasteiger charge is -2.38. The van der Waals surface area contributed by atoms with Gasteiger partial charge in [-0.05, 0) is 55.4 Å². The molecule has 0 spiro atoms. The third-order valence-corrected chi connectivity index (χ3v) is 8.25. The smallest absolute Gasteiger partial charge is 0.232 e. The van der Waals surface area contributed by atoms with Gasteiger partial charge in [0.1, 0.15) is 11.6 Å². The molecule has 5 rings (SSSR count). The van der Waals surface area contributed by atoms with Gasteiger partial charge in [-0.15, -0.1) is 0 Å². The molecular formula is C29H43N7S. The summed E-state index contributed by atoms with van der Waals surface area (Å²) in [5.74, 6) is 3.92. The van der Waals surface area contributed by atoms with Crippen LogP contribution in [0.3, 0.4) is 0 Å². The number of piperidine rings is 1. The van der Waals surface area contributed by atoms with E-state index in [2.05, 4.69) is 75.6 Å². The lowest BCUT2D eigenvalue weighted by Crippen LogP contribution is -2.47. The van der Waals surface area contributed by atoms with E-state index in [4.69, 9.17) is 22.2 Å². The molecule has 2 aliphatic heterocycles. The zero-order chi connectivity index (χ0) is 25.6. The van der Waals surface area contributed by atoms with Crippen molar-refractivity contribution in [2.24, 2.45) is 11.8 Å². The van der Waals surface area contributed by atoms with E-state index in [9.17, 15) is 0 Å². The summed E-state index contributed by atoms with van der Waals surface area (Å²) in [4.78, 5) is 17.2.